The summed E-state index contributed by atoms with van der Waals surface area (Å²) in [6.07, 6.45) is 4.88. The summed E-state index contributed by atoms with van der Waals surface area (Å²) in [7, 11) is 0.942. The van der Waals surface area contributed by atoms with Crippen LogP contribution in [0.4, 0.5) is 0 Å². The van der Waals surface area contributed by atoms with Gasteiger partial charge < -0.3 is 25.0 Å². The average Bonchev–Trinajstić information content (AvgIpc) is 3.36. The van der Waals surface area contributed by atoms with E-state index in [4.69, 9.17) is 9.31 Å². The van der Waals surface area contributed by atoms with Crippen LogP contribution in [0, 0.1) is 5.92 Å². The number of aromatic nitrogens is 2. The van der Waals surface area contributed by atoms with E-state index in [1.54, 1.807) is 13.1 Å². The molecule has 39 heavy (non-hydrogen) atoms. The smallest absolute Gasteiger partial charge is 0.522 e. The maximum absolute atomic E-state index is 13.6. The van der Waals surface area contributed by atoms with Crippen LogP contribution in [-0.4, -0.2) is 59.3 Å². The summed E-state index contributed by atoms with van der Waals surface area (Å²) in [6.45, 7) is 4.10. The van der Waals surface area contributed by atoms with Gasteiger partial charge in [-0.2, -0.15) is 0 Å². The first-order valence-corrected chi connectivity index (χ1v) is 13.0. The molecule has 2 amide bonds. The van der Waals surface area contributed by atoms with Crippen molar-refractivity contribution in [2.45, 2.75) is 51.3 Å². The molecular formula is C28H34BN5O5. The molecule has 3 aromatic rings. The van der Waals surface area contributed by atoms with E-state index in [0.717, 1.165) is 11.1 Å². The molecule has 0 spiro atoms. The molecule has 0 radical (unpaired) electrons. The third-order valence-corrected chi connectivity index (χ3v) is 6.34. The predicted molar refractivity (Wildman–Crippen MR) is 147 cm³/mol. The number of amides is 2. The van der Waals surface area contributed by atoms with Crippen LogP contribution in [0.25, 0.3) is 0 Å². The van der Waals surface area contributed by atoms with E-state index in [-0.39, 0.29) is 23.9 Å². The van der Waals surface area contributed by atoms with Crippen molar-refractivity contribution < 1.29 is 24.0 Å². The molecule has 1 unspecified atom stereocenters. The molecule has 4 N–H and O–H groups in total. The van der Waals surface area contributed by atoms with Crippen molar-refractivity contribution in [2.24, 2.45) is 5.92 Å². The highest BCUT2D eigenvalue weighted by Gasteiger charge is 2.42. The number of likely N-dealkylation sites (N-methyl/N-ethyl adjacent to an activating group) is 1. The summed E-state index contributed by atoms with van der Waals surface area (Å²) in [5.74, 6) is 0.0275. The third kappa shape index (κ3) is 7.78. The van der Waals surface area contributed by atoms with Crippen molar-refractivity contribution in [3.63, 3.8) is 0 Å². The largest absolute Gasteiger partial charge is 0.618 e. The van der Waals surface area contributed by atoms with E-state index in [9.17, 15) is 14.7 Å². The van der Waals surface area contributed by atoms with Gasteiger partial charge in [-0.25, -0.2) is 4.98 Å². The van der Waals surface area contributed by atoms with Crippen LogP contribution in [-0.2, 0) is 17.6 Å². The van der Waals surface area contributed by atoms with Gasteiger partial charge in [-0.1, -0.05) is 50.2 Å². The zero-order valence-corrected chi connectivity index (χ0v) is 22.3. The Hall–Kier alpha value is -3.96. The van der Waals surface area contributed by atoms with Gasteiger partial charge in [0.1, 0.15) is 29.5 Å². The Morgan fingerprint density at radius 2 is 1.74 bits per heavy atom. The molecule has 3 atom stereocenters. The Bertz CT molecular complexity index is 1250. The zero-order valence-electron chi connectivity index (χ0n) is 22.3. The number of rotatable bonds is 12. The number of hydrogen-bond donors (Lipinski definition) is 4. The first-order chi connectivity index (χ1) is 18.8. The maximum atomic E-state index is 13.6. The van der Waals surface area contributed by atoms with Crippen molar-refractivity contribution in [3.8, 4) is 11.5 Å². The Kier molecular flexibility index (Phi) is 9.51. The maximum Gasteiger partial charge on any atom is 0.618 e. The summed E-state index contributed by atoms with van der Waals surface area (Å²) in [6, 6.07) is 14.1. The minimum atomic E-state index is -0.866. The highest BCUT2D eigenvalue weighted by atomic mass is 16.6. The Balaban J connectivity index is 1.50. The van der Waals surface area contributed by atoms with Crippen LogP contribution in [0.3, 0.4) is 0 Å². The topological polar surface area (TPSA) is 135 Å². The molecule has 204 valence electrons. The van der Waals surface area contributed by atoms with Gasteiger partial charge >= 0.3 is 7.12 Å². The van der Waals surface area contributed by atoms with Crippen molar-refractivity contribution >= 4 is 18.9 Å². The standard InChI is InChI=1S/C28H34BN5O5/c1-18(2)13-25(29-38-23-10-9-20(15-24(23)39-29)16-26(35)30-3)34-27(36)21(14-19-7-5-4-6-8-19)33-28(37)22-17-31-11-12-32-22/h4-12,15,17-18,21,25-26,30,35H,13-14,16H2,1-3H3,(H,33,37)(H,34,36)/t21-,25-,26?/m0/s1. The number of aliphatic hydroxyl groups is 1. The molecule has 4 rings (SSSR count). The van der Waals surface area contributed by atoms with Gasteiger partial charge in [-0.15, -0.1) is 0 Å². The van der Waals surface area contributed by atoms with Gasteiger partial charge in [0.15, 0.2) is 0 Å². The van der Waals surface area contributed by atoms with Crippen LogP contribution >= 0.6 is 0 Å². The van der Waals surface area contributed by atoms with Gasteiger partial charge in [0.2, 0.25) is 5.91 Å². The van der Waals surface area contributed by atoms with Crippen LogP contribution < -0.4 is 25.3 Å². The Morgan fingerprint density at radius 3 is 2.44 bits per heavy atom. The quantitative estimate of drug-likeness (QED) is 0.206. The molecule has 0 fully saturated rings. The summed E-state index contributed by atoms with van der Waals surface area (Å²) in [5, 5.41) is 18.6. The highest BCUT2D eigenvalue weighted by Crippen LogP contribution is 2.35. The average molecular weight is 531 g/mol. The third-order valence-electron chi connectivity index (χ3n) is 6.34. The normalized spacial score (nSPS) is 14.5. The molecule has 2 heterocycles. The number of nitrogens with zero attached hydrogens (tertiary/aromatic N) is 2. The number of fused-ring (bicyclic) bond motifs is 1. The predicted octanol–water partition coefficient (Wildman–Crippen LogP) is 1.93. The van der Waals surface area contributed by atoms with Gasteiger partial charge in [-0.3, -0.25) is 19.9 Å². The summed E-state index contributed by atoms with van der Waals surface area (Å²) in [5.41, 5.74) is 1.91. The van der Waals surface area contributed by atoms with Crippen LogP contribution in [0.15, 0.2) is 67.1 Å². The van der Waals surface area contributed by atoms with Crippen molar-refractivity contribution in [1.29, 1.82) is 0 Å². The van der Waals surface area contributed by atoms with Gasteiger partial charge in [0.05, 0.1) is 12.1 Å². The number of carbonyl (C=O) groups excluding carboxylic acids is 2. The van der Waals surface area contributed by atoms with E-state index in [1.807, 2.05) is 42.5 Å². The first kappa shape index (κ1) is 28.1. The number of carbonyl (C=O) groups is 2. The molecule has 0 bridgehead atoms. The number of hydrogen-bond acceptors (Lipinski definition) is 8. The molecule has 0 saturated carbocycles. The highest BCUT2D eigenvalue weighted by molar-refractivity contribution is 6.50. The lowest BCUT2D eigenvalue weighted by Crippen LogP contribution is -2.57. The second kappa shape index (κ2) is 13.2. The van der Waals surface area contributed by atoms with Gasteiger partial charge in [0, 0.05) is 25.2 Å². The van der Waals surface area contributed by atoms with E-state index < -0.39 is 31.2 Å². The fourth-order valence-corrected chi connectivity index (χ4v) is 4.37. The molecule has 0 saturated heterocycles. The van der Waals surface area contributed by atoms with Crippen LogP contribution in [0.2, 0.25) is 0 Å². The van der Waals surface area contributed by atoms with Crippen molar-refractivity contribution in [2.75, 3.05) is 7.05 Å². The minimum absolute atomic E-state index is 0.124. The number of aliphatic hydroxyl groups excluding tert-OH is 1. The van der Waals surface area contributed by atoms with Gasteiger partial charge in [-0.05, 0) is 42.6 Å². The summed E-state index contributed by atoms with van der Waals surface area (Å²) < 4.78 is 12.2. The second-order valence-electron chi connectivity index (χ2n) is 9.94. The molecule has 11 heteroatoms. The minimum Gasteiger partial charge on any atom is -0.522 e. The zero-order chi connectivity index (χ0) is 27.8. The summed E-state index contributed by atoms with van der Waals surface area (Å²) in [4.78, 5) is 34.5. The van der Waals surface area contributed by atoms with Crippen LogP contribution in [0.1, 0.15) is 41.9 Å². The van der Waals surface area contributed by atoms with E-state index in [1.165, 1.54) is 18.6 Å². The molecule has 2 aromatic carbocycles. The Morgan fingerprint density at radius 1 is 0.974 bits per heavy atom. The summed E-state index contributed by atoms with van der Waals surface area (Å²) >= 11 is 0. The molecular weight excluding hydrogens is 497 g/mol. The number of nitrogens with one attached hydrogen (secondary N) is 3. The van der Waals surface area contributed by atoms with E-state index >= 15 is 0 Å². The SMILES string of the molecule is CNC(O)Cc1ccc2c(c1)OB([C@H](CC(C)C)NC(=O)[C@H](Cc1ccccc1)NC(=O)c1cnccn1)O2. The van der Waals surface area contributed by atoms with Crippen molar-refractivity contribution in [1.82, 2.24) is 25.9 Å². The second-order valence-corrected chi connectivity index (χ2v) is 9.94. The fourth-order valence-electron chi connectivity index (χ4n) is 4.37. The monoisotopic (exact) mass is 531 g/mol. The first-order valence-electron chi connectivity index (χ1n) is 13.0. The molecule has 0 aliphatic carbocycles. The van der Waals surface area contributed by atoms with Crippen LogP contribution in [0.5, 0.6) is 11.5 Å². The number of benzene rings is 2. The van der Waals surface area contributed by atoms with E-state index in [0.29, 0.717) is 24.3 Å². The molecule has 10 nitrogen and oxygen atoms in total. The molecule has 1 aliphatic rings. The lowest BCUT2D eigenvalue weighted by molar-refractivity contribution is -0.123. The van der Waals surface area contributed by atoms with E-state index in [2.05, 4.69) is 39.8 Å². The Labute approximate surface area is 228 Å². The molecule has 1 aliphatic heterocycles. The fraction of sp³-hybridized carbons (Fsp3) is 0.357. The lowest BCUT2D eigenvalue weighted by atomic mass is 9.74. The lowest BCUT2D eigenvalue weighted by Gasteiger charge is -2.25. The van der Waals surface area contributed by atoms with Crippen molar-refractivity contribution in [3.05, 3.63) is 83.9 Å². The molecule has 1 aromatic heterocycles. The van der Waals surface area contributed by atoms with Gasteiger partial charge in [0.25, 0.3) is 5.91 Å².